The molecule has 5 nitrogen and oxygen atoms in total. The highest BCUT2D eigenvalue weighted by atomic mass is 32.1. The van der Waals surface area contributed by atoms with Crippen LogP contribution in [0.2, 0.25) is 0 Å². The van der Waals surface area contributed by atoms with Gasteiger partial charge < -0.3 is 15.0 Å². The van der Waals surface area contributed by atoms with Crippen LogP contribution in [0.5, 0.6) is 5.75 Å². The Kier molecular flexibility index (Phi) is 5.15. The SMILES string of the molecule is CNC(=O)CC1CC2(CCN(C(=O)c3sccc3C)CC2)Oc2ccccc21. The van der Waals surface area contributed by atoms with Crippen molar-refractivity contribution in [2.75, 3.05) is 20.1 Å². The second-order valence-corrected chi connectivity index (χ2v) is 8.74. The molecule has 0 aliphatic carbocycles. The second kappa shape index (κ2) is 7.59. The predicted octanol–water partition coefficient (Wildman–Crippen LogP) is 3.73. The summed E-state index contributed by atoms with van der Waals surface area (Å²) in [6.07, 6.45) is 2.87. The summed E-state index contributed by atoms with van der Waals surface area (Å²) in [6, 6.07) is 10.0. The number of likely N-dealkylation sites (tertiary alicyclic amines) is 1. The van der Waals surface area contributed by atoms with Crippen LogP contribution >= 0.6 is 11.3 Å². The molecule has 3 heterocycles. The Balaban J connectivity index is 1.51. The molecule has 1 unspecified atom stereocenters. The predicted molar refractivity (Wildman–Crippen MR) is 110 cm³/mol. The van der Waals surface area contributed by atoms with Gasteiger partial charge in [-0.15, -0.1) is 11.3 Å². The maximum Gasteiger partial charge on any atom is 0.264 e. The number of piperidine rings is 1. The first-order valence-corrected chi connectivity index (χ1v) is 10.7. The number of fused-ring (bicyclic) bond motifs is 1. The first-order chi connectivity index (χ1) is 13.5. The molecular weight excluding hydrogens is 372 g/mol. The zero-order valence-corrected chi connectivity index (χ0v) is 17.2. The van der Waals surface area contributed by atoms with E-state index in [9.17, 15) is 9.59 Å². The Hall–Kier alpha value is -2.34. The van der Waals surface area contributed by atoms with E-state index >= 15 is 0 Å². The van der Waals surface area contributed by atoms with Crippen LogP contribution in [0.25, 0.3) is 0 Å². The Bertz CT molecular complexity index is 883. The number of carbonyl (C=O) groups is 2. The fourth-order valence-electron chi connectivity index (χ4n) is 4.41. The topological polar surface area (TPSA) is 58.6 Å². The summed E-state index contributed by atoms with van der Waals surface area (Å²) in [4.78, 5) is 27.7. The third kappa shape index (κ3) is 3.53. The van der Waals surface area contributed by atoms with Crippen molar-refractivity contribution in [1.82, 2.24) is 10.2 Å². The number of para-hydroxylation sites is 1. The van der Waals surface area contributed by atoms with Crippen molar-refractivity contribution in [3.63, 3.8) is 0 Å². The summed E-state index contributed by atoms with van der Waals surface area (Å²) in [7, 11) is 1.68. The van der Waals surface area contributed by atoms with Gasteiger partial charge in [0.25, 0.3) is 5.91 Å². The summed E-state index contributed by atoms with van der Waals surface area (Å²) in [5.74, 6) is 1.21. The molecule has 2 amide bonds. The van der Waals surface area contributed by atoms with Crippen molar-refractivity contribution >= 4 is 23.2 Å². The maximum absolute atomic E-state index is 12.8. The number of rotatable bonds is 3. The monoisotopic (exact) mass is 398 g/mol. The lowest BCUT2D eigenvalue weighted by Crippen LogP contribution is -2.52. The largest absolute Gasteiger partial charge is 0.487 e. The van der Waals surface area contributed by atoms with Crippen molar-refractivity contribution in [3.05, 3.63) is 51.7 Å². The molecule has 1 saturated heterocycles. The van der Waals surface area contributed by atoms with E-state index in [1.165, 1.54) is 11.3 Å². The van der Waals surface area contributed by atoms with Gasteiger partial charge in [-0.25, -0.2) is 0 Å². The summed E-state index contributed by atoms with van der Waals surface area (Å²) in [6.45, 7) is 3.36. The van der Waals surface area contributed by atoms with Gasteiger partial charge >= 0.3 is 0 Å². The van der Waals surface area contributed by atoms with Gasteiger partial charge in [0.1, 0.15) is 11.4 Å². The Labute approximate surface area is 169 Å². The lowest BCUT2D eigenvalue weighted by molar-refractivity contribution is -0.121. The first-order valence-electron chi connectivity index (χ1n) is 9.83. The summed E-state index contributed by atoms with van der Waals surface area (Å²) in [5.41, 5.74) is 1.86. The van der Waals surface area contributed by atoms with Crippen molar-refractivity contribution < 1.29 is 14.3 Å². The van der Waals surface area contributed by atoms with Crippen molar-refractivity contribution in [1.29, 1.82) is 0 Å². The smallest absolute Gasteiger partial charge is 0.264 e. The van der Waals surface area contributed by atoms with E-state index < -0.39 is 0 Å². The molecule has 2 aliphatic heterocycles. The number of nitrogens with one attached hydrogen (secondary N) is 1. The lowest BCUT2D eigenvalue weighted by atomic mass is 9.76. The van der Waals surface area contributed by atoms with E-state index in [4.69, 9.17) is 4.74 Å². The maximum atomic E-state index is 12.8. The molecule has 2 aromatic rings. The molecule has 1 aromatic heterocycles. The highest BCUT2D eigenvalue weighted by molar-refractivity contribution is 7.12. The van der Waals surface area contributed by atoms with Crippen LogP contribution < -0.4 is 10.1 Å². The minimum absolute atomic E-state index is 0.0534. The van der Waals surface area contributed by atoms with Crippen LogP contribution in [0.1, 0.15) is 52.4 Å². The van der Waals surface area contributed by atoms with Crippen LogP contribution in [-0.2, 0) is 4.79 Å². The van der Waals surface area contributed by atoms with Gasteiger partial charge in [-0.1, -0.05) is 18.2 Å². The number of benzene rings is 1. The molecule has 1 spiro atoms. The number of amides is 2. The first kappa shape index (κ1) is 19.0. The van der Waals surface area contributed by atoms with Crippen molar-refractivity contribution in [2.24, 2.45) is 0 Å². The van der Waals surface area contributed by atoms with E-state index in [0.717, 1.165) is 41.0 Å². The quantitative estimate of drug-likeness (QED) is 0.857. The second-order valence-electron chi connectivity index (χ2n) is 7.83. The number of hydrogen-bond donors (Lipinski definition) is 1. The number of aryl methyl sites for hydroxylation is 1. The molecule has 0 bridgehead atoms. The van der Waals surface area contributed by atoms with Crippen LogP contribution in [-0.4, -0.2) is 42.5 Å². The molecule has 1 N–H and O–H groups in total. The van der Waals surface area contributed by atoms with Crippen LogP contribution in [0.3, 0.4) is 0 Å². The van der Waals surface area contributed by atoms with Crippen LogP contribution in [0.4, 0.5) is 0 Å². The van der Waals surface area contributed by atoms with Gasteiger partial charge in [-0.2, -0.15) is 0 Å². The molecular formula is C22H26N2O3S. The van der Waals surface area contributed by atoms with Gasteiger partial charge in [0.2, 0.25) is 5.91 Å². The molecule has 28 heavy (non-hydrogen) atoms. The molecule has 148 valence electrons. The molecule has 0 saturated carbocycles. The summed E-state index contributed by atoms with van der Waals surface area (Å²) < 4.78 is 6.48. The van der Waals surface area contributed by atoms with Crippen LogP contribution in [0.15, 0.2) is 35.7 Å². The van der Waals surface area contributed by atoms with E-state index in [2.05, 4.69) is 11.4 Å². The normalized spacial score (nSPS) is 20.4. The number of nitrogens with zero attached hydrogens (tertiary/aromatic N) is 1. The number of ether oxygens (including phenoxy) is 1. The number of thiophene rings is 1. The number of carbonyl (C=O) groups excluding carboxylic acids is 2. The third-order valence-corrected chi connectivity index (χ3v) is 7.04. The van der Waals surface area contributed by atoms with Crippen molar-refractivity contribution in [3.8, 4) is 5.75 Å². The van der Waals surface area contributed by atoms with E-state index in [-0.39, 0.29) is 23.3 Å². The fourth-order valence-corrected chi connectivity index (χ4v) is 5.30. The molecule has 4 rings (SSSR count). The summed E-state index contributed by atoms with van der Waals surface area (Å²) in [5, 5.41) is 4.72. The molecule has 6 heteroatoms. The number of hydrogen-bond acceptors (Lipinski definition) is 4. The van der Waals surface area contributed by atoms with E-state index in [1.807, 2.05) is 41.5 Å². The highest BCUT2D eigenvalue weighted by Crippen LogP contribution is 2.46. The lowest BCUT2D eigenvalue weighted by Gasteiger charge is -2.46. The van der Waals surface area contributed by atoms with E-state index in [1.54, 1.807) is 7.05 Å². The molecule has 1 aromatic carbocycles. The minimum atomic E-state index is -0.297. The van der Waals surface area contributed by atoms with Gasteiger partial charge in [0.05, 0.1) is 4.88 Å². The Morgan fingerprint density at radius 3 is 2.68 bits per heavy atom. The Morgan fingerprint density at radius 1 is 1.25 bits per heavy atom. The van der Waals surface area contributed by atoms with E-state index in [0.29, 0.717) is 19.5 Å². The zero-order chi connectivity index (χ0) is 19.7. The molecule has 2 aliphatic rings. The van der Waals surface area contributed by atoms with Gasteiger partial charge in [-0.05, 0) is 42.0 Å². The van der Waals surface area contributed by atoms with Gasteiger partial charge in [0, 0.05) is 45.3 Å². The highest BCUT2D eigenvalue weighted by Gasteiger charge is 2.44. The molecule has 0 radical (unpaired) electrons. The molecule has 1 fully saturated rings. The van der Waals surface area contributed by atoms with Crippen molar-refractivity contribution in [2.45, 2.75) is 44.1 Å². The Morgan fingerprint density at radius 2 is 2.00 bits per heavy atom. The van der Waals surface area contributed by atoms with Gasteiger partial charge in [0.15, 0.2) is 0 Å². The zero-order valence-electron chi connectivity index (χ0n) is 16.4. The van der Waals surface area contributed by atoms with Gasteiger partial charge in [-0.3, -0.25) is 9.59 Å². The fraction of sp³-hybridized carbons (Fsp3) is 0.455. The van der Waals surface area contributed by atoms with Crippen LogP contribution in [0, 0.1) is 6.92 Å². The average Bonchev–Trinajstić information content (AvgIpc) is 3.14. The molecule has 1 atom stereocenters. The third-order valence-electron chi connectivity index (χ3n) is 6.03. The standard InChI is InChI=1S/C22H26N2O3S/c1-15-7-12-28-20(15)21(26)24-10-8-22(9-11-24)14-16(13-19(25)23-2)17-5-3-4-6-18(17)27-22/h3-7,12,16H,8-11,13-14H2,1-2H3,(H,23,25). The minimum Gasteiger partial charge on any atom is -0.487 e. The summed E-state index contributed by atoms with van der Waals surface area (Å²) >= 11 is 1.51. The average molecular weight is 399 g/mol.